The number of imide groups is 1. The summed E-state index contributed by atoms with van der Waals surface area (Å²) in [7, 11) is 0. The second-order valence-electron chi connectivity index (χ2n) is 4.94. The predicted molar refractivity (Wildman–Crippen MR) is 88.3 cm³/mol. The summed E-state index contributed by atoms with van der Waals surface area (Å²) < 4.78 is 18.0. The first-order valence-corrected chi connectivity index (χ1v) is 7.98. The van der Waals surface area contributed by atoms with E-state index in [2.05, 4.69) is 0 Å². The van der Waals surface area contributed by atoms with Gasteiger partial charge in [-0.05, 0) is 35.5 Å². The zero-order valence-corrected chi connectivity index (χ0v) is 13.8. The van der Waals surface area contributed by atoms with Gasteiger partial charge >= 0.3 is 5.88 Å². The van der Waals surface area contributed by atoms with Crippen molar-refractivity contribution in [1.82, 2.24) is 4.90 Å². The first-order chi connectivity index (χ1) is 11.8. The third kappa shape index (κ3) is 3.57. The molecule has 0 spiro atoms. The maximum Gasteiger partial charge on any atom is 0.433 e. The van der Waals surface area contributed by atoms with Gasteiger partial charge in [-0.2, -0.15) is 0 Å². The summed E-state index contributed by atoms with van der Waals surface area (Å²) in [5, 5.41) is 10.2. The van der Waals surface area contributed by atoms with Crippen LogP contribution in [0.4, 0.5) is 15.1 Å². The number of carbonyl (C=O) groups is 2. The Hall–Kier alpha value is -2.65. The average Bonchev–Trinajstić information content (AvgIpc) is 3.10. The van der Waals surface area contributed by atoms with Crippen LogP contribution in [0.25, 0.3) is 6.08 Å². The lowest BCUT2D eigenvalue weighted by molar-refractivity contribution is -0.402. The van der Waals surface area contributed by atoms with Gasteiger partial charge in [0.2, 0.25) is 0 Å². The minimum Gasteiger partial charge on any atom is -0.401 e. The molecule has 0 saturated carbocycles. The number of nitrogens with zero attached hydrogens (tertiary/aromatic N) is 2. The largest absolute Gasteiger partial charge is 0.433 e. The van der Waals surface area contributed by atoms with Crippen molar-refractivity contribution in [2.45, 2.75) is 6.54 Å². The van der Waals surface area contributed by atoms with Crippen molar-refractivity contribution in [3.05, 3.63) is 67.5 Å². The molecule has 3 rings (SSSR count). The summed E-state index contributed by atoms with van der Waals surface area (Å²) in [6.07, 6.45) is 1.25. The van der Waals surface area contributed by atoms with E-state index in [4.69, 9.17) is 16.0 Å². The summed E-state index contributed by atoms with van der Waals surface area (Å²) in [4.78, 5) is 35.3. The Morgan fingerprint density at radius 2 is 2.08 bits per heavy atom. The molecule has 2 amide bonds. The van der Waals surface area contributed by atoms with Gasteiger partial charge in [-0.1, -0.05) is 17.7 Å². The molecule has 1 aromatic heterocycles. The number of thioether (sulfide) groups is 1. The number of furan rings is 1. The normalized spacial score (nSPS) is 16.1. The van der Waals surface area contributed by atoms with Gasteiger partial charge < -0.3 is 4.42 Å². The lowest BCUT2D eigenvalue weighted by atomic mass is 10.2. The summed E-state index contributed by atoms with van der Waals surface area (Å²) >= 11 is 6.59. The zero-order chi connectivity index (χ0) is 18.1. The molecule has 0 N–H and O–H groups in total. The fourth-order valence-corrected chi connectivity index (χ4v) is 3.15. The highest BCUT2D eigenvalue weighted by Crippen LogP contribution is 2.34. The van der Waals surface area contributed by atoms with Crippen LogP contribution in [-0.2, 0) is 11.3 Å². The number of halogens is 2. The van der Waals surface area contributed by atoms with E-state index >= 15 is 0 Å². The van der Waals surface area contributed by atoms with E-state index < -0.39 is 27.8 Å². The first-order valence-electron chi connectivity index (χ1n) is 6.78. The van der Waals surface area contributed by atoms with E-state index in [1.165, 1.54) is 24.3 Å². The van der Waals surface area contributed by atoms with Crippen molar-refractivity contribution in [1.29, 1.82) is 0 Å². The van der Waals surface area contributed by atoms with Crippen LogP contribution in [-0.4, -0.2) is 21.0 Å². The second kappa shape index (κ2) is 6.69. The molecule has 0 unspecified atom stereocenters. The molecular weight excluding hydrogens is 375 g/mol. The lowest BCUT2D eigenvalue weighted by Gasteiger charge is -2.13. The molecular formula is C15H8ClFN2O5S. The van der Waals surface area contributed by atoms with Crippen LogP contribution in [0.5, 0.6) is 0 Å². The van der Waals surface area contributed by atoms with Gasteiger partial charge in [0.05, 0.1) is 17.5 Å². The molecule has 1 fully saturated rings. The Kier molecular flexibility index (Phi) is 4.60. The first kappa shape index (κ1) is 17.2. The number of nitro groups is 1. The number of carbonyl (C=O) groups excluding carboxylic acids is 2. The summed E-state index contributed by atoms with van der Waals surface area (Å²) in [6.45, 7) is -0.112. The Bertz CT molecular complexity index is 926. The van der Waals surface area contributed by atoms with Gasteiger partial charge in [0.25, 0.3) is 11.1 Å². The third-order valence-corrected chi connectivity index (χ3v) is 4.54. The zero-order valence-electron chi connectivity index (χ0n) is 12.3. The van der Waals surface area contributed by atoms with Crippen molar-refractivity contribution in [3.63, 3.8) is 0 Å². The highest BCUT2D eigenvalue weighted by atomic mass is 35.5. The molecule has 128 valence electrons. The lowest BCUT2D eigenvalue weighted by Crippen LogP contribution is -2.27. The van der Waals surface area contributed by atoms with Crippen molar-refractivity contribution in [2.24, 2.45) is 0 Å². The summed E-state index contributed by atoms with van der Waals surface area (Å²) in [6, 6.07) is 6.13. The standard InChI is InChI=1S/C15H8ClFN2O5S/c16-11-5-9(17)2-1-8(11)7-18-14(20)12(25-15(18)21)6-10-3-4-13(24-10)19(22)23/h1-6H,7H2/b12-6-. The van der Waals surface area contributed by atoms with Crippen molar-refractivity contribution >= 4 is 46.5 Å². The van der Waals surface area contributed by atoms with Crippen LogP contribution in [0.3, 0.4) is 0 Å². The SMILES string of the molecule is O=C1S/C(=C\c2ccc([N+](=O)[O-])o2)C(=O)N1Cc1ccc(F)cc1Cl. The number of amides is 2. The molecule has 1 aromatic carbocycles. The average molecular weight is 383 g/mol. The second-order valence-corrected chi connectivity index (χ2v) is 6.34. The van der Waals surface area contributed by atoms with E-state index in [-0.39, 0.29) is 22.2 Å². The number of hydrogen-bond acceptors (Lipinski definition) is 6. The molecule has 10 heteroatoms. The maximum atomic E-state index is 13.1. The van der Waals surface area contributed by atoms with Crippen LogP contribution in [0.2, 0.25) is 5.02 Å². The molecule has 2 heterocycles. The molecule has 0 atom stereocenters. The molecule has 0 bridgehead atoms. The fourth-order valence-electron chi connectivity index (χ4n) is 2.10. The van der Waals surface area contributed by atoms with Gasteiger partial charge in [0, 0.05) is 11.1 Å². The van der Waals surface area contributed by atoms with E-state index in [9.17, 15) is 24.1 Å². The molecule has 7 nitrogen and oxygen atoms in total. The number of rotatable bonds is 4. The van der Waals surface area contributed by atoms with Crippen LogP contribution in [0.15, 0.2) is 39.7 Å². The van der Waals surface area contributed by atoms with Crippen LogP contribution in [0.1, 0.15) is 11.3 Å². The van der Waals surface area contributed by atoms with Crippen LogP contribution >= 0.6 is 23.4 Å². The monoisotopic (exact) mass is 382 g/mol. The highest BCUT2D eigenvalue weighted by molar-refractivity contribution is 8.18. The van der Waals surface area contributed by atoms with Crippen molar-refractivity contribution < 1.29 is 23.3 Å². The van der Waals surface area contributed by atoms with E-state index in [0.717, 1.165) is 17.0 Å². The number of hydrogen-bond donors (Lipinski definition) is 0. The Morgan fingerprint density at radius 3 is 2.72 bits per heavy atom. The Morgan fingerprint density at radius 1 is 1.32 bits per heavy atom. The smallest absolute Gasteiger partial charge is 0.401 e. The highest BCUT2D eigenvalue weighted by Gasteiger charge is 2.35. The van der Waals surface area contributed by atoms with Crippen molar-refractivity contribution in [2.75, 3.05) is 0 Å². The predicted octanol–water partition coefficient (Wildman–Crippen LogP) is 4.22. The van der Waals surface area contributed by atoms with E-state index in [0.29, 0.717) is 17.3 Å². The van der Waals surface area contributed by atoms with Gasteiger partial charge in [-0.3, -0.25) is 24.6 Å². The maximum absolute atomic E-state index is 13.1. The number of benzene rings is 1. The van der Waals surface area contributed by atoms with E-state index in [1.807, 2.05) is 0 Å². The molecule has 1 aliphatic rings. The molecule has 1 aliphatic heterocycles. The van der Waals surface area contributed by atoms with Crippen molar-refractivity contribution in [3.8, 4) is 0 Å². The topological polar surface area (TPSA) is 93.7 Å². The minimum absolute atomic E-state index is 0.0625. The molecule has 0 aliphatic carbocycles. The molecule has 2 aromatic rings. The molecule has 0 radical (unpaired) electrons. The van der Waals surface area contributed by atoms with Crippen LogP contribution in [0, 0.1) is 15.9 Å². The van der Waals surface area contributed by atoms with Gasteiger partial charge in [0.15, 0.2) is 0 Å². The quantitative estimate of drug-likeness (QED) is 0.446. The van der Waals surface area contributed by atoms with Crippen LogP contribution < -0.4 is 0 Å². The van der Waals surface area contributed by atoms with Gasteiger partial charge in [0.1, 0.15) is 16.5 Å². The molecule has 1 saturated heterocycles. The minimum atomic E-state index is -0.709. The van der Waals surface area contributed by atoms with Gasteiger partial charge in [-0.25, -0.2) is 4.39 Å². The third-order valence-electron chi connectivity index (χ3n) is 3.28. The Labute approximate surface area is 149 Å². The van der Waals surface area contributed by atoms with Gasteiger partial charge in [-0.15, -0.1) is 0 Å². The summed E-state index contributed by atoms with van der Waals surface area (Å²) in [5.74, 6) is -1.50. The Balaban J connectivity index is 1.81. The molecule has 25 heavy (non-hydrogen) atoms. The van der Waals surface area contributed by atoms with E-state index in [1.54, 1.807) is 0 Å². The fraction of sp³-hybridized carbons (Fsp3) is 0.0667. The summed E-state index contributed by atoms with van der Waals surface area (Å²) in [5.41, 5.74) is 0.417.